The van der Waals surface area contributed by atoms with Crippen molar-refractivity contribution in [3.8, 4) is 5.75 Å². The van der Waals surface area contributed by atoms with Crippen LogP contribution in [0.1, 0.15) is 0 Å². The van der Waals surface area contributed by atoms with Crippen molar-refractivity contribution in [1.29, 1.82) is 0 Å². The van der Waals surface area contributed by atoms with E-state index in [0.29, 0.717) is 0 Å². The molecule has 0 bridgehead atoms. The molecule has 0 spiro atoms. The van der Waals surface area contributed by atoms with E-state index in [1.165, 1.54) is 0 Å². The highest BCUT2D eigenvalue weighted by Gasteiger charge is 2.28. The third-order valence-corrected chi connectivity index (χ3v) is 2.31. The van der Waals surface area contributed by atoms with Crippen LogP contribution in [0.15, 0.2) is 4.90 Å². The number of rotatable bonds is 1. The van der Waals surface area contributed by atoms with Crippen molar-refractivity contribution in [3.05, 3.63) is 23.3 Å². The van der Waals surface area contributed by atoms with Crippen molar-refractivity contribution >= 4 is 10.1 Å². The fourth-order valence-electron chi connectivity index (χ4n) is 0.819. The lowest BCUT2D eigenvalue weighted by Crippen LogP contribution is -2.10. The van der Waals surface area contributed by atoms with Crippen molar-refractivity contribution in [1.82, 2.24) is 0 Å². The number of aromatic hydroxyl groups is 1. The van der Waals surface area contributed by atoms with Gasteiger partial charge in [0, 0.05) is 0 Å². The van der Waals surface area contributed by atoms with Gasteiger partial charge in [0.15, 0.2) is 17.4 Å². The molecule has 15 heavy (non-hydrogen) atoms. The van der Waals surface area contributed by atoms with E-state index in [9.17, 15) is 30.5 Å². The smallest absolute Gasteiger partial charge is 0.205 e. The van der Waals surface area contributed by atoms with E-state index in [4.69, 9.17) is 5.11 Å². The highest BCUT2D eigenvalue weighted by molar-refractivity contribution is 7.85. The summed E-state index contributed by atoms with van der Waals surface area (Å²) in [6.07, 6.45) is 0. The maximum atomic E-state index is 12.7. The van der Waals surface area contributed by atoms with Gasteiger partial charge in [0.2, 0.25) is 11.6 Å². The minimum absolute atomic E-state index is 2.03. The van der Waals surface area contributed by atoms with Gasteiger partial charge in [-0.15, -0.1) is 0 Å². The monoisotopic (exact) mass is 245 g/mol. The van der Waals surface area contributed by atoms with Crippen LogP contribution in [0.3, 0.4) is 0 Å². The summed E-state index contributed by atoms with van der Waals surface area (Å²) in [5.74, 6) is -11.6. The van der Waals surface area contributed by atoms with Gasteiger partial charge in [-0.2, -0.15) is 8.78 Å². The fourth-order valence-corrected chi connectivity index (χ4v) is 1.44. The summed E-state index contributed by atoms with van der Waals surface area (Å²) < 4.78 is 81.1. The van der Waals surface area contributed by atoms with Crippen molar-refractivity contribution in [3.63, 3.8) is 0 Å². The van der Waals surface area contributed by atoms with Gasteiger partial charge in [0.05, 0.1) is 0 Å². The Hall–Kier alpha value is -1.35. The lowest BCUT2D eigenvalue weighted by molar-refractivity contribution is 0.338. The van der Waals surface area contributed by atoms with Gasteiger partial charge in [-0.05, 0) is 0 Å². The Morgan fingerprint density at radius 1 is 0.933 bits per heavy atom. The number of hydrogen-bond donors (Lipinski definition) is 1. The van der Waals surface area contributed by atoms with Gasteiger partial charge in [-0.1, -0.05) is 0 Å². The topological polar surface area (TPSA) is 77.4 Å². The van der Waals surface area contributed by atoms with E-state index in [2.05, 4.69) is 0 Å². The molecule has 84 valence electrons. The largest absolute Gasteiger partial charge is 0.744 e. The molecule has 4 nitrogen and oxygen atoms in total. The van der Waals surface area contributed by atoms with Crippen molar-refractivity contribution in [2.45, 2.75) is 4.90 Å². The molecule has 0 amide bonds. The molecule has 0 heterocycles. The Labute approximate surface area is 80.5 Å². The third kappa shape index (κ3) is 1.75. The van der Waals surface area contributed by atoms with Crippen molar-refractivity contribution in [2.75, 3.05) is 0 Å². The first kappa shape index (κ1) is 11.7. The molecule has 1 rings (SSSR count). The van der Waals surface area contributed by atoms with E-state index in [1.54, 1.807) is 0 Å². The predicted molar refractivity (Wildman–Crippen MR) is 35.9 cm³/mol. The van der Waals surface area contributed by atoms with E-state index in [1.807, 2.05) is 0 Å². The highest BCUT2D eigenvalue weighted by Crippen LogP contribution is 2.30. The number of phenols is 1. The summed E-state index contributed by atoms with van der Waals surface area (Å²) in [5.41, 5.74) is 0. The Morgan fingerprint density at radius 2 is 1.27 bits per heavy atom. The molecule has 1 aromatic carbocycles. The minimum Gasteiger partial charge on any atom is -0.744 e. The van der Waals surface area contributed by atoms with Crippen LogP contribution in [0, 0.1) is 23.3 Å². The molecule has 9 heteroatoms. The van der Waals surface area contributed by atoms with Crippen LogP contribution in [-0.4, -0.2) is 18.1 Å². The van der Waals surface area contributed by atoms with E-state index >= 15 is 0 Å². The van der Waals surface area contributed by atoms with Gasteiger partial charge < -0.3 is 9.66 Å². The molecule has 0 unspecified atom stereocenters. The summed E-state index contributed by atoms with van der Waals surface area (Å²) in [7, 11) is -5.72. The normalized spacial score (nSPS) is 11.8. The van der Waals surface area contributed by atoms with Crippen molar-refractivity contribution < 1.29 is 35.6 Å². The number of phenolic OH excluding ortho intramolecular Hbond substituents is 1. The molecule has 0 radical (unpaired) electrons. The predicted octanol–water partition coefficient (Wildman–Crippen LogP) is 0.853. The zero-order valence-electron chi connectivity index (χ0n) is 6.59. The molecule has 0 saturated heterocycles. The van der Waals surface area contributed by atoms with Gasteiger partial charge in [-0.3, -0.25) is 0 Å². The van der Waals surface area contributed by atoms with Gasteiger partial charge in [0.25, 0.3) is 0 Å². The summed E-state index contributed by atoms with van der Waals surface area (Å²) in [5, 5.41) is 8.43. The number of hydrogen-bond acceptors (Lipinski definition) is 4. The Balaban J connectivity index is 3.84. The number of benzene rings is 1. The van der Waals surface area contributed by atoms with Crippen LogP contribution in [0.25, 0.3) is 0 Å². The standard InChI is InChI=1S/C6H2F4O4S/c7-1-3(9)6(15(12,13)14)4(10)2(8)5(1)11/h11H,(H,12,13,14)/p-1. The van der Waals surface area contributed by atoms with Crippen LogP contribution in [0.4, 0.5) is 17.6 Å². The maximum absolute atomic E-state index is 12.7. The molecule has 0 fully saturated rings. The zero-order valence-corrected chi connectivity index (χ0v) is 7.41. The molecule has 1 aromatic rings. The fraction of sp³-hybridized carbons (Fsp3) is 0. The summed E-state index contributed by atoms with van der Waals surface area (Å²) in [4.78, 5) is -2.30. The minimum atomic E-state index is -5.72. The summed E-state index contributed by atoms with van der Waals surface area (Å²) in [6, 6.07) is 0. The molecule has 0 aliphatic rings. The van der Waals surface area contributed by atoms with Crippen LogP contribution in [0.2, 0.25) is 0 Å². The lowest BCUT2D eigenvalue weighted by atomic mass is 10.3. The molecule has 0 aliphatic carbocycles. The van der Waals surface area contributed by atoms with Crippen molar-refractivity contribution in [2.24, 2.45) is 0 Å². The van der Waals surface area contributed by atoms with E-state index < -0.39 is 44.0 Å². The Kier molecular flexibility index (Phi) is 2.62. The molecule has 0 atom stereocenters. The van der Waals surface area contributed by atoms with Gasteiger partial charge >= 0.3 is 0 Å². The molecule has 0 aliphatic heterocycles. The number of halogens is 4. The maximum Gasteiger partial charge on any atom is 0.205 e. The second-order valence-electron chi connectivity index (χ2n) is 2.39. The summed E-state index contributed by atoms with van der Waals surface area (Å²) in [6.45, 7) is 0. The first-order chi connectivity index (χ1) is 6.68. The van der Waals surface area contributed by atoms with Gasteiger partial charge in [-0.25, -0.2) is 17.2 Å². The SMILES string of the molecule is O=S(=O)([O-])c1c(F)c(F)c(O)c(F)c1F. The van der Waals surface area contributed by atoms with E-state index in [-0.39, 0.29) is 0 Å². The summed E-state index contributed by atoms with van der Waals surface area (Å²) >= 11 is 0. The zero-order chi connectivity index (χ0) is 12.0. The Morgan fingerprint density at radius 3 is 1.53 bits per heavy atom. The van der Waals surface area contributed by atoms with Crippen LogP contribution in [-0.2, 0) is 10.1 Å². The quantitative estimate of drug-likeness (QED) is 0.452. The first-order valence-corrected chi connectivity index (χ1v) is 4.59. The second-order valence-corrected chi connectivity index (χ2v) is 3.70. The van der Waals surface area contributed by atoms with Crippen LogP contribution in [0.5, 0.6) is 5.75 Å². The lowest BCUT2D eigenvalue weighted by Gasteiger charge is -2.11. The molecular formula is C6HF4O4S-. The first-order valence-electron chi connectivity index (χ1n) is 3.18. The Bertz CT molecular complexity index is 495. The van der Waals surface area contributed by atoms with E-state index in [0.717, 1.165) is 0 Å². The van der Waals surface area contributed by atoms with Crippen LogP contribution < -0.4 is 0 Å². The molecular weight excluding hydrogens is 244 g/mol. The second kappa shape index (κ2) is 3.35. The van der Waals surface area contributed by atoms with Gasteiger partial charge in [0.1, 0.15) is 15.0 Å². The molecule has 0 aromatic heterocycles. The average molecular weight is 245 g/mol. The molecule has 0 saturated carbocycles. The molecule has 1 N–H and O–H groups in total. The highest BCUT2D eigenvalue weighted by atomic mass is 32.2. The third-order valence-electron chi connectivity index (χ3n) is 1.45. The average Bonchev–Trinajstić information content (AvgIpc) is 2.09. The van der Waals surface area contributed by atoms with Crippen LogP contribution >= 0.6 is 0 Å².